The SMILES string of the molecule is CCCCNC(=O)c1ccc(NCC(=O)NC(C)(C)C)cc1. The summed E-state index contributed by atoms with van der Waals surface area (Å²) >= 11 is 0. The molecule has 0 heterocycles. The van der Waals surface area contributed by atoms with Gasteiger partial charge in [-0.2, -0.15) is 0 Å². The monoisotopic (exact) mass is 305 g/mol. The summed E-state index contributed by atoms with van der Waals surface area (Å²) in [5, 5.41) is 8.80. The van der Waals surface area contributed by atoms with Crippen LogP contribution >= 0.6 is 0 Å². The van der Waals surface area contributed by atoms with E-state index in [0.717, 1.165) is 18.5 Å². The molecule has 0 saturated carbocycles. The molecule has 0 aliphatic rings. The molecule has 1 rings (SSSR count). The molecular formula is C17H27N3O2. The van der Waals surface area contributed by atoms with Gasteiger partial charge in [0.25, 0.3) is 5.91 Å². The minimum Gasteiger partial charge on any atom is -0.376 e. The van der Waals surface area contributed by atoms with Crippen LogP contribution in [0.25, 0.3) is 0 Å². The second-order valence-corrected chi connectivity index (χ2v) is 6.34. The number of amides is 2. The lowest BCUT2D eigenvalue weighted by molar-refractivity contribution is -0.120. The minimum absolute atomic E-state index is 0.0612. The molecule has 1 aromatic rings. The third-order valence-electron chi connectivity index (χ3n) is 2.93. The second kappa shape index (κ2) is 8.41. The van der Waals surface area contributed by atoms with Gasteiger partial charge in [-0.25, -0.2) is 0 Å². The number of hydrogen-bond acceptors (Lipinski definition) is 3. The maximum Gasteiger partial charge on any atom is 0.251 e. The van der Waals surface area contributed by atoms with E-state index in [-0.39, 0.29) is 23.9 Å². The van der Waals surface area contributed by atoms with Crippen molar-refractivity contribution in [1.29, 1.82) is 0 Å². The summed E-state index contributed by atoms with van der Waals surface area (Å²) in [4.78, 5) is 23.6. The highest BCUT2D eigenvalue weighted by atomic mass is 16.2. The van der Waals surface area contributed by atoms with Crippen LogP contribution in [0.4, 0.5) is 5.69 Å². The molecule has 0 atom stereocenters. The molecule has 2 amide bonds. The fraction of sp³-hybridized carbons (Fsp3) is 0.529. The molecule has 1 aromatic carbocycles. The Balaban J connectivity index is 2.45. The van der Waals surface area contributed by atoms with Crippen molar-refractivity contribution in [2.24, 2.45) is 0 Å². The summed E-state index contributed by atoms with van der Waals surface area (Å²) in [5.41, 5.74) is 1.20. The molecule has 3 N–H and O–H groups in total. The molecule has 0 bridgehead atoms. The molecule has 0 aliphatic heterocycles. The van der Waals surface area contributed by atoms with E-state index in [9.17, 15) is 9.59 Å². The molecule has 0 spiro atoms. The molecule has 0 saturated heterocycles. The van der Waals surface area contributed by atoms with Gasteiger partial charge in [-0.1, -0.05) is 13.3 Å². The quantitative estimate of drug-likeness (QED) is 0.678. The molecular weight excluding hydrogens is 278 g/mol. The van der Waals surface area contributed by atoms with Crippen molar-refractivity contribution in [3.05, 3.63) is 29.8 Å². The Bertz CT molecular complexity index is 490. The number of carbonyl (C=O) groups excluding carboxylic acids is 2. The predicted molar refractivity (Wildman–Crippen MR) is 90.1 cm³/mol. The maximum absolute atomic E-state index is 11.9. The van der Waals surface area contributed by atoms with E-state index in [2.05, 4.69) is 22.9 Å². The van der Waals surface area contributed by atoms with E-state index in [1.54, 1.807) is 24.3 Å². The number of benzene rings is 1. The highest BCUT2D eigenvalue weighted by Gasteiger charge is 2.13. The van der Waals surface area contributed by atoms with E-state index >= 15 is 0 Å². The first-order valence-electron chi connectivity index (χ1n) is 7.75. The van der Waals surface area contributed by atoms with Crippen LogP contribution in [-0.2, 0) is 4.79 Å². The van der Waals surface area contributed by atoms with Crippen molar-refractivity contribution in [1.82, 2.24) is 10.6 Å². The van der Waals surface area contributed by atoms with Gasteiger partial charge < -0.3 is 16.0 Å². The molecule has 0 unspecified atom stereocenters. The maximum atomic E-state index is 11.9. The molecule has 22 heavy (non-hydrogen) atoms. The molecule has 0 aliphatic carbocycles. The van der Waals surface area contributed by atoms with Crippen LogP contribution in [0.3, 0.4) is 0 Å². The number of rotatable bonds is 7. The van der Waals surface area contributed by atoms with Crippen LogP contribution in [0.2, 0.25) is 0 Å². The van der Waals surface area contributed by atoms with Gasteiger partial charge in [-0.15, -0.1) is 0 Å². The van der Waals surface area contributed by atoms with Crippen molar-refractivity contribution in [3.63, 3.8) is 0 Å². The normalized spacial score (nSPS) is 10.9. The van der Waals surface area contributed by atoms with Crippen LogP contribution in [0.15, 0.2) is 24.3 Å². The zero-order valence-corrected chi connectivity index (χ0v) is 14.0. The van der Waals surface area contributed by atoms with Gasteiger partial charge in [0, 0.05) is 23.3 Å². The third-order valence-corrected chi connectivity index (χ3v) is 2.93. The zero-order valence-electron chi connectivity index (χ0n) is 14.0. The summed E-state index contributed by atoms with van der Waals surface area (Å²) in [6.45, 7) is 8.81. The Kier molecular flexibility index (Phi) is 6.89. The van der Waals surface area contributed by atoms with Crippen LogP contribution < -0.4 is 16.0 Å². The first kappa shape index (κ1) is 18.0. The van der Waals surface area contributed by atoms with Gasteiger partial charge in [-0.05, 0) is 51.5 Å². The number of hydrogen-bond donors (Lipinski definition) is 3. The lowest BCUT2D eigenvalue weighted by Crippen LogP contribution is -2.43. The molecule has 5 nitrogen and oxygen atoms in total. The second-order valence-electron chi connectivity index (χ2n) is 6.34. The minimum atomic E-state index is -0.237. The van der Waals surface area contributed by atoms with E-state index < -0.39 is 0 Å². The summed E-state index contributed by atoms with van der Waals surface area (Å²) in [5.74, 6) is -0.126. The largest absolute Gasteiger partial charge is 0.376 e. The summed E-state index contributed by atoms with van der Waals surface area (Å²) in [7, 11) is 0. The van der Waals surface area contributed by atoms with Crippen molar-refractivity contribution >= 4 is 17.5 Å². The number of anilines is 1. The predicted octanol–water partition coefficient (Wildman–Crippen LogP) is 2.54. The highest BCUT2D eigenvalue weighted by Crippen LogP contribution is 2.09. The molecule has 122 valence electrons. The fourth-order valence-corrected chi connectivity index (χ4v) is 1.87. The van der Waals surface area contributed by atoms with E-state index in [1.165, 1.54) is 0 Å². The summed E-state index contributed by atoms with van der Waals surface area (Å²) in [6, 6.07) is 7.12. The standard InChI is InChI=1S/C17H27N3O2/c1-5-6-11-18-16(22)13-7-9-14(10-8-13)19-12-15(21)20-17(2,3)4/h7-10,19H,5-6,11-12H2,1-4H3,(H,18,22)(H,20,21). The average Bonchev–Trinajstić information content (AvgIpc) is 2.44. The molecule has 0 aromatic heterocycles. The highest BCUT2D eigenvalue weighted by molar-refractivity contribution is 5.94. The zero-order chi connectivity index (χ0) is 16.6. The first-order chi connectivity index (χ1) is 10.3. The van der Waals surface area contributed by atoms with Gasteiger partial charge >= 0.3 is 0 Å². The number of unbranched alkanes of at least 4 members (excludes halogenated alkanes) is 1. The smallest absolute Gasteiger partial charge is 0.251 e. The summed E-state index contributed by atoms with van der Waals surface area (Å²) in [6.07, 6.45) is 2.04. The number of carbonyl (C=O) groups is 2. The molecule has 0 radical (unpaired) electrons. The number of nitrogens with one attached hydrogen (secondary N) is 3. The molecule has 0 fully saturated rings. The van der Waals surface area contributed by atoms with Crippen molar-refractivity contribution < 1.29 is 9.59 Å². The van der Waals surface area contributed by atoms with Gasteiger partial charge in [0.1, 0.15) is 0 Å². The Morgan fingerprint density at radius 1 is 1.09 bits per heavy atom. The summed E-state index contributed by atoms with van der Waals surface area (Å²) < 4.78 is 0. The van der Waals surface area contributed by atoms with Gasteiger partial charge in [0.2, 0.25) is 5.91 Å². The lowest BCUT2D eigenvalue weighted by Gasteiger charge is -2.20. The van der Waals surface area contributed by atoms with E-state index in [1.807, 2.05) is 20.8 Å². The van der Waals surface area contributed by atoms with Crippen molar-refractivity contribution in [2.45, 2.75) is 46.1 Å². The lowest BCUT2D eigenvalue weighted by atomic mass is 10.1. The van der Waals surface area contributed by atoms with Gasteiger partial charge in [0.15, 0.2) is 0 Å². The topological polar surface area (TPSA) is 70.2 Å². The van der Waals surface area contributed by atoms with Crippen LogP contribution in [0, 0.1) is 0 Å². The van der Waals surface area contributed by atoms with Crippen LogP contribution in [-0.4, -0.2) is 30.4 Å². The van der Waals surface area contributed by atoms with E-state index in [0.29, 0.717) is 12.1 Å². The fourth-order valence-electron chi connectivity index (χ4n) is 1.87. The van der Waals surface area contributed by atoms with Crippen molar-refractivity contribution in [3.8, 4) is 0 Å². The molecule has 5 heteroatoms. The van der Waals surface area contributed by atoms with Crippen LogP contribution in [0.1, 0.15) is 50.9 Å². The van der Waals surface area contributed by atoms with Crippen LogP contribution in [0.5, 0.6) is 0 Å². The Hall–Kier alpha value is -2.04. The Morgan fingerprint density at radius 2 is 1.73 bits per heavy atom. The van der Waals surface area contributed by atoms with Gasteiger partial charge in [0.05, 0.1) is 6.54 Å². The Labute approximate surface area is 132 Å². The van der Waals surface area contributed by atoms with E-state index in [4.69, 9.17) is 0 Å². The first-order valence-corrected chi connectivity index (χ1v) is 7.75. The van der Waals surface area contributed by atoms with Crippen molar-refractivity contribution in [2.75, 3.05) is 18.4 Å². The Morgan fingerprint density at radius 3 is 2.27 bits per heavy atom. The average molecular weight is 305 g/mol. The van der Waals surface area contributed by atoms with Gasteiger partial charge in [-0.3, -0.25) is 9.59 Å². The third kappa shape index (κ3) is 7.11.